The fourth-order valence-electron chi connectivity index (χ4n) is 3.09. The fourth-order valence-corrected chi connectivity index (χ4v) is 3.09. The van der Waals surface area contributed by atoms with Gasteiger partial charge >= 0.3 is 5.97 Å². The molecular formula is C11H18O2. The standard InChI is InChI=1S/C11H18O2/c1-8(10(12)13)11(6-7-11)9-4-2-3-5-9/h8-9H,2-7H2,1H3,(H,12,13). The monoisotopic (exact) mass is 182 g/mol. The summed E-state index contributed by atoms with van der Waals surface area (Å²) in [4.78, 5) is 10.9. The van der Waals surface area contributed by atoms with E-state index in [4.69, 9.17) is 5.11 Å². The average Bonchev–Trinajstić information content (AvgIpc) is 2.72. The van der Waals surface area contributed by atoms with Gasteiger partial charge in [0.2, 0.25) is 0 Å². The van der Waals surface area contributed by atoms with Crippen molar-refractivity contribution >= 4 is 5.97 Å². The van der Waals surface area contributed by atoms with Crippen molar-refractivity contribution in [3.63, 3.8) is 0 Å². The summed E-state index contributed by atoms with van der Waals surface area (Å²) >= 11 is 0. The maximum Gasteiger partial charge on any atom is 0.306 e. The number of carbonyl (C=O) groups is 1. The minimum atomic E-state index is -0.593. The van der Waals surface area contributed by atoms with E-state index >= 15 is 0 Å². The van der Waals surface area contributed by atoms with Gasteiger partial charge in [-0.2, -0.15) is 0 Å². The number of hydrogen-bond donors (Lipinski definition) is 1. The molecule has 2 nitrogen and oxygen atoms in total. The molecule has 2 aliphatic carbocycles. The lowest BCUT2D eigenvalue weighted by Gasteiger charge is -2.26. The van der Waals surface area contributed by atoms with Crippen LogP contribution < -0.4 is 0 Å². The second-order valence-electron chi connectivity index (χ2n) is 4.77. The molecule has 74 valence electrons. The maximum absolute atomic E-state index is 10.9. The van der Waals surface area contributed by atoms with E-state index in [0.717, 1.165) is 18.8 Å². The third-order valence-corrected chi connectivity index (χ3v) is 4.23. The molecule has 2 rings (SSSR count). The first-order valence-electron chi connectivity index (χ1n) is 5.39. The Kier molecular flexibility index (Phi) is 2.09. The Bertz CT molecular complexity index is 212. The number of aliphatic carboxylic acids is 1. The Balaban J connectivity index is 2.06. The molecule has 0 saturated heterocycles. The largest absolute Gasteiger partial charge is 0.481 e. The van der Waals surface area contributed by atoms with E-state index in [-0.39, 0.29) is 11.3 Å². The predicted molar refractivity (Wildman–Crippen MR) is 50.4 cm³/mol. The molecule has 0 bridgehead atoms. The van der Waals surface area contributed by atoms with Crippen LogP contribution in [0.4, 0.5) is 0 Å². The molecule has 1 unspecified atom stereocenters. The summed E-state index contributed by atoms with van der Waals surface area (Å²) in [6, 6.07) is 0. The maximum atomic E-state index is 10.9. The molecular weight excluding hydrogens is 164 g/mol. The van der Waals surface area contributed by atoms with Crippen LogP contribution in [0.2, 0.25) is 0 Å². The van der Waals surface area contributed by atoms with Gasteiger partial charge in [-0.05, 0) is 37.0 Å². The molecule has 0 aromatic heterocycles. The van der Waals surface area contributed by atoms with Crippen molar-refractivity contribution < 1.29 is 9.90 Å². The average molecular weight is 182 g/mol. The Labute approximate surface area is 79.3 Å². The first-order chi connectivity index (χ1) is 6.17. The SMILES string of the molecule is CC(C(=O)O)C1(C2CCCC2)CC1. The molecule has 0 aromatic rings. The van der Waals surface area contributed by atoms with Gasteiger partial charge < -0.3 is 5.11 Å². The normalized spacial score (nSPS) is 28.7. The zero-order valence-corrected chi connectivity index (χ0v) is 8.25. The van der Waals surface area contributed by atoms with Crippen LogP contribution in [-0.4, -0.2) is 11.1 Å². The van der Waals surface area contributed by atoms with Gasteiger partial charge in [-0.25, -0.2) is 0 Å². The highest BCUT2D eigenvalue weighted by Crippen LogP contribution is 2.61. The molecule has 2 aliphatic rings. The smallest absolute Gasteiger partial charge is 0.306 e. The third kappa shape index (κ3) is 1.36. The van der Waals surface area contributed by atoms with Gasteiger partial charge in [0.05, 0.1) is 5.92 Å². The van der Waals surface area contributed by atoms with Gasteiger partial charge in [-0.1, -0.05) is 19.8 Å². The Morgan fingerprint density at radius 1 is 1.38 bits per heavy atom. The molecule has 0 aromatic carbocycles. The lowest BCUT2D eigenvalue weighted by molar-refractivity contribution is -0.144. The second kappa shape index (κ2) is 3.00. The van der Waals surface area contributed by atoms with Gasteiger partial charge in [0.1, 0.15) is 0 Å². The summed E-state index contributed by atoms with van der Waals surface area (Å²) in [6.45, 7) is 1.90. The van der Waals surface area contributed by atoms with Gasteiger partial charge in [-0.3, -0.25) is 4.79 Å². The van der Waals surface area contributed by atoms with E-state index in [9.17, 15) is 4.79 Å². The lowest BCUT2D eigenvalue weighted by atomic mass is 9.78. The number of carboxylic acid groups (broad SMARTS) is 1. The molecule has 0 amide bonds. The summed E-state index contributed by atoms with van der Waals surface area (Å²) in [6.07, 6.45) is 7.50. The summed E-state index contributed by atoms with van der Waals surface area (Å²) in [5, 5.41) is 9.02. The van der Waals surface area contributed by atoms with Crippen LogP contribution in [-0.2, 0) is 4.79 Å². The molecule has 13 heavy (non-hydrogen) atoms. The molecule has 0 heterocycles. The highest BCUT2D eigenvalue weighted by atomic mass is 16.4. The van der Waals surface area contributed by atoms with Gasteiger partial charge in [0.15, 0.2) is 0 Å². The topological polar surface area (TPSA) is 37.3 Å². The van der Waals surface area contributed by atoms with Crippen molar-refractivity contribution in [2.24, 2.45) is 17.3 Å². The quantitative estimate of drug-likeness (QED) is 0.728. The summed E-state index contributed by atoms with van der Waals surface area (Å²) in [7, 11) is 0. The van der Waals surface area contributed by atoms with E-state index in [1.807, 2.05) is 6.92 Å². The van der Waals surface area contributed by atoms with Crippen LogP contribution in [0.15, 0.2) is 0 Å². The zero-order chi connectivity index (χ0) is 9.47. The van der Waals surface area contributed by atoms with Crippen molar-refractivity contribution in [2.75, 3.05) is 0 Å². The highest BCUT2D eigenvalue weighted by Gasteiger charge is 2.55. The van der Waals surface area contributed by atoms with Crippen LogP contribution in [0.3, 0.4) is 0 Å². The van der Waals surface area contributed by atoms with Crippen LogP contribution in [0.25, 0.3) is 0 Å². The lowest BCUT2D eigenvalue weighted by Crippen LogP contribution is -2.27. The predicted octanol–water partition coefficient (Wildman–Crippen LogP) is 2.68. The molecule has 0 spiro atoms. The van der Waals surface area contributed by atoms with Crippen LogP contribution in [0.1, 0.15) is 45.4 Å². The molecule has 0 radical (unpaired) electrons. The van der Waals surface area contributed by atoms with Crippen LogP contribution in [0, 0.1) is 17.3 Å². The first kappa shape index (κ1) is 9.04. The van der Waals surface area contributed by atoms with Gasteiger partial charge in [0.25, 0.3) is 0 Å². The van der Waals surface area contributed by atoms with Crippen LogP contribution >= 0.6 is 0 Å². The summed E-state index contributed by atoms with van der Waals surface area (Å²) in [5.41, 5.74) is 0.211. The zero-order valence-electron chi connectivity index (χ0n) is 8.25. The molecule has 0 aliphatic heterocycles. The Morgan fingerprint density at radius 3 is 2.31 bits per heavy atom. The van der Waals surface area contributed by atoms with E-state index < -0.39 is 5.97 Å². The van der Waals surface area contributed by atoms with Crippen LogP contribution in [0.5, 0.6) is 0 Å². The van der Waals surface area contributed by atoms with Crippen molar-refractivity contribution in [1.29, 1.82) is 0 Å². The second-order valence-corrected chi connectivity index (χ2v) is 4.77. The van der Waals surface area contributed by atoms with Crippen molar-refractivity contribution in [2.45, 2.75) is 45.4 Å². The summed E-state index contributed by atoms with van der Waals surface area (Å²) < 4.78 is 0. The number of hydrogen-bond acceptors (Lipinski definition) is 1. The molecule has 2 fully saturated rings. The molecule has 2 saturated carbocycles. The van der Waals surface area contributed by atoms with E-state index in [1.165, 1.54) is 25.7 Å². The summed E-state index contributed by atoms with van der Waals surface area (Å²) in [5.74, 6) is 0.0126. The van der Waals surface area contributed by atoms with Gasteiger partial charge in [-0.15, -0.1) is 0 Å². The van der Waals surface area contributed by atoms with Crippen molar-refractivity contribution in [1.82, 2.24) is 0 Å². The Morgan fingerprint density at radius 2 is 1.92 bits per heavy atom. The molecule has 1 N–H and O–H groups in total. The molecule has 2 heteroatoms. The van der Waals surface area contributed by atoms with Crippen molar-refractivity contribution in [3.05, 3.63) is 0 Å². The first-order valence-corrected chi connectivity index (χ1v) is 5.39. The van der Waals surface area contributed by atoms with Gasteiger partial charge in [0, 0.05) is 0 Å². The minimum Gasteiger partial charge on any atom is -0.481 e. The fraction of sp³-hybridized carbons (Fsp3) is 0.909. The van der Waals surface area contributed by atoms with E-state index in [0.29, 0.717) is 0 Å². The van der Waals surface area contributed by atoms with Crippen molar-refractivity contribution in [3.8, 4) is 0 Å². The third-order valence-electron chi connectivity index (χ3n) is 4.23. The molecule has 1 atom stereocenters. The number of carboxylic acids is 1. The Hall–Kier alpha value is -0.530. The number of rotatable bonds is 3. The van der Waals surface area contributed by atoms with E-state index in [1.54, 1.807) is 0 Å². The minimum absolute atomic E-state index is 0.115. The highest BCUT2D eigenvalue weighted by molar-refractivity contribution is 5.71. The van der Waals surface area contributed by atoms with E-state index in [2.05, 4.69) is 0 Å².